The van der Waals surface area contributed by atoms with Crippen molar-refractivity contribution in [1.82, 2.24) is 10.2 Å². The largest absolute Gasteiger partial charge is 0.354 e. The molecular formula is C30H34Cl2N2O2S. The average Bonchev–Trinajstić information content (AvgIpc) is 2.91. The number of unbranched alkanes of at least 4 members (excludes halogenated alkanes) is 1. The van der Waals surface area contributed by atoms with Gasteiger partial charge in [-0.25, -0.2) is 0 Å². The van der Waals surface area contributed by atoms with Crippen molar-refractivity contribution < 1.29 is 9.59 Å². The highest BCUT2D eigenvalue weighted by molar-refractivity contribution is 7.98. The van der Waals surface area contributed by atoms with E-state index in [2.05, 4.69) is 24.4 Å². The number of halogens is 2. The van der Waals surface area contributed by atoms with Crippen LogP contribution in [0.25, 0.3) is 0 Å². The molecule has 0 aromatic heterocycles. The molecule has 0 aliphatic rings. The van der Waals surface area contributed by atoms with Crippen LogP contribution >= 0.6 is 35.0 Å². The Bertz CT molecular complexity index is 1130. The van der Waals surface area contributed by atoms with Crippen LogP contribution in [-0.4, -0.2) is 35.1 Å². The van der Waals surface area contributed by atoms with Crippen LogP contribution in [0.5, 0.6) is 0 Å². The minimum Gasteiger partial charge on any atom is -0.354 e. The van der Waals surface area contributed by atoms with E-state index >= 15 is 0 Å². The van der Waals surface area contributed by atoms with E-state index in [0.717, 1.165) is 29.7 Å². The smallest absolute Gasteiger partial charge is 0.243 e. The molecule has 3 rings (SSSR count). The minimum absolute atomic E-state index is 0.0712. The molecule has 0 saturated heterocycles. The summed E-state index contributed by atoms with van der Waals surface area (Å²) in [4.78, 5) is 28.8. The summed E-state index contributed by atoms with van der Waals surface area (Å²) in [6.45, 7) is 2.90. The summed E-state index contributed by atoms with van der Waals surface area (Å²) in [7, 11) is 0. The Morgan fingerprint density at radius 3 is 2.27 bits per heavy atom. The van der Waals surface area contributed by atoms with Crippen molar-refractivity contribution in [3.8, 4) is 0 Å². The normalized spacial score (nSPS) is 11.6. The lowest BCUT2D eigenvalue weighted by molar-refractivity contribution is -0.141. The van der Waals surface area contributed by atoms with Gasteiger partial charge in [0.1, 0.15) is 6.04 Å². The van der Waals surface area contributed by atoms with Gasteiger partial charge in [0.2, 0.25) is 11.8 Å². The fourth-order valence-corrected chi connectivity index (χ4v) is 5.32. The van der Waals surface area contributed by atoms with Gasteiger partial charge in [0.05, 0.1) is 0 Å². The molecule has 0 spiro atoms. The van der Waals surface area contributed by atoms with Gasteiger partial charge in [-0.2, -0.15) is 11.8 Å². The Balaban J connectivity index is 1.81. The molecule has 2 amide bonds. The number of benzene rings is 3. The monoisotopic (exact) mass is 556 g/mol. The zero-order valence-corrected chi connectivity index (χ0v) is 23.5. The number of hydrogen-bond acceptors (Lipinski definition) is 3. The molecule has 1 N–H and O–H groups in total. The summed E-state index contributed by atoms with van der Waals surface area (Å²) in [6, 6.07) is 24.6. The Morgan fingerprint density at radius 1 is 0.946 bits per heavy atom. The van der Waals surface area contributed by atoms with Crippen LogP contribution in [0.4, 0.5) is 0 Å². The van der Waals surface area contributed by atoms with Crippen molar-refractivity contribution in [2.24, 2.45) is 0 Å². The van der Waals surface area contributed by atoms with Gasteiger partial charge in [-0.15, -0.1) is 0 Å². The van der Waals surface area contributed by atoms with Crippen LogP contribution in [0.3, 0.4) is 0 Å². The van der Waals surface area contributed by atoms with Crippen LogP contribution in [-0.2, 0) is 28.3 Å². The summed E-state index contributed by atoms with van der Waals surface area (Å²) in [6.07, 6.45) is 2.62. The summed E-state index contributed by atoms with van der Waals surface area (Å²) >= 11 is 14.3. The molecule has 0 aliphatic heterocycles. The van der Waals surface area contributed by atoms with Gasteiger partial charge >= 0.3 is 0 Å². The van der Waals surface area contributed by atoms with Crippen LogP contribution in [0, 0.1) is 0 Å². The predicted octanol–water partition coefficient (Wildman–Crippen LogP) is 7.17. The highest BCUT2D eigenvalue weighted by Crippen LogP contribution is 2.25. The molecule has 0 fully saturated rings. The van der Waals surface area contributed by atoms with Gasteiger partial charge < -0.3 is 10.2 Å². The predicted molar refractivity (Wildman–Crippen MR) is 156 cm³/mol. The van der Waals surface area contributed by atoms with E-state index in [1.54, 1.807) is 28.8 Å². The van der Waals surface area contributed by atoms with Crippen LogP contribution in [0.15, 0.2) is 78.9 Å². The minimum atomic E-state index is -0.655. The van der Waals surface area contributed by atoms with Gasteiger partial charge in [0.15, 0.2) is 0 Å². The van der Waals surface area contributed by atoms with E-state index in [1.807, 2.05) is 54.6 Å². The fraction of sp³-hybridized carbons (Fsp3) is 0.333. The zero-order chi connectivity index (χ0) is 26.5. The third-order valence-electron chi connectivity index (χ3n) is 6.03. The SMILES string of the molecule is CCCCNC(=O)C(Cc1ccccc1)N(Cc1ccc(Cl)cc1Cl)C(=O)CCSCc1ccccc1. The second kappa shape index (κ2) is 15.7. The second-order valence-corrected chi connectivity index (χ2v) is 10.8. The van der Waals surface area contributed by atoms with Crippen molar-refractivity contribution in [2.75, 3.05) is 12.3 Å². The number of carbonyl (C=O) groups is 2. The first kappa shape index (κ1) is 29.1. The van der Waals surface area contributed by atoms with Crippen LogP contribution < -0.4 is 5.32 Å². The van der Waals surface area contributed by atoms with Crippen molar-refractivity contribution in [3.05, 3.63) is 106 Å². The molecule has 0 heterocycles. The van der Waals surface area contributed by atoms with E-state index in [4.69, 9.17) is 23.2 Å². The van der Waals surface area contributed by atoms with Gasteiger partial charge in [-0.1, -0.05) is 103 Å². The number of amides is 2. The average molecular weight is 558 g/mol. The molecule has 0 aliphatic carbocycles. The van der Waals surface area contributed by atoms with E-state index in [1.165, 1.54) is 5.56 Å². The quantitative estimate of drug-likeness (QED) is 0.214. The summed E-state index contributed by atoms with van der Waals surface area (Å²) < 4.78 is 0. The molecule has 7 heteroatoms. The summed E-state index contributed by atoms with van der Waals surface area (Å²) in [5.74, 6) is 1.28. The van der Waals surface area contributed by atoms with E-state index in [0.29, 0.717) is 35.2 Å². The van der Waals surface area contributed by atoms with Gasteiger partial charge in [0, 0.05) is 47.5 Å². The number of nitrogens with one attached hydrogen (secondary N) is 1. The first-order valence-electron chi connectivity index (χ1n) is 12.6. The molecular weight excluding hydrogens is 523 g/mol. The first-order valence-corrected chi connectivity index (χ1v) is 14.6. The molecule has 196 valence electrons. The topological polar surface area (TPSA) is 49.4 Å². The fourth-order valence-electron chi connectivity index (χ4n) is 3.96. The second-order valence-electron chi connectivity index (χ2n) is 8.90. The molecule has 4 nitrogen and oxygen atoms in total. The summed E-state index contributed by atoms with van der Waals surface area (Å²) in [5, 5.41) is 4.06. The van der Waals surface area contributed by atoms with Crippen molar-refractivity contribution in [2.45, 2.75) is 50.9 Å². The highest BCUT2D eigenvalue weighted by Gasteiger charge is 2.30. The Labute approximate surface area is 234 Å². The molecule has 0 radical (unpaired) electrons. The van der Waals surface area contributed by atoms with E-state index < -0.39 is 6.04 Å². The van der Waals surface area contributed by atoms with Gasteiger partial charge in [0.25, 0.3) is 0 Å². The Morgan fingerprint density at radius 2 is 1.62 bits per heavy atom. The first-order chi connectivity index (χ1) is 18.0. The third-order valence-corrected chi connectivity index (χ3v) is 7.65. The Hall–Kier alpha value is -2.47. The van der Waals surface area contributed by atoms with Crippen molar-refractivity contribution in [3.63, 3.8) is 0 Å². The molecule has 0 saturated carbocycles. The molecule has 37 heavy (non-hydrogen) atoms. The lowest BCUT2D eigenvalue weighted by Crippen LogP contribution is -2.50. The number of rotatable bonds is 14. The van der Waals surface area contributed by atoms with E-state index in [-0.39, 0.29) is 18.4 Å². The van der Waals surface area contributed by atoms with Crippen molar-refractivity contribution in [1.29, 1.82) is 0 Å². The third kappa shape index (κ3) is 9.73. The molecule has 3 aromatic carbocycles. The molecule has 0 bridgehead atoms. The standard InChI is InChI=1S/C30H34Cl2N2O2S/c1-2-3-17-33-30(36)28(19-23-10-6-4-7-11-23)34(21-25-14-15-26(31)20-27(25)32)29(35)16-18-37-22-24-12-8-5-9-13-24/h4-15,20,28H,2-3,16-19,21-22H2,1H3,(H,33,36). The number of nitrogens with zero attached hydrogens (tertiary/aromatic N) is 1. The van der Waals surface area contributed by atoms with Gasteiger partial charge in [-0.3, -0.25) is 9.59 Å². The number of hydrogen-bond donors (Lipinski definition) is 1. The molecule has 3 aromatic rings. The lowest BCUT2D eigenvalue weighted by atomic mass is 10.0. The van der Waals surface area contributed by atoms with Gasteiger partial charge in [-0.05, 0) is 35.2 Å². The maximum absolute atomic E-state index is 13.7. The summed E-state index contributed by atoms with van der Waals surface area (Å²) in [5.41, 5.74) is 2.98. The number of thioether (sulfide) groups is 1. The number of carbonyl (C=O) groups excluding carboxylic acids is 2. The van der Waals surface area contributed by atoms with Crippen molar-refractivity contribution >= 4 is 46.8 Å². The Kier molecular flexibility index (Phi) is 12.3. The van der Waals surface area contributed by atoms with Crippen LogP contribution in [0.2, 0.25) is 10.0 Å². The maximum Gasteiger partial charge on any atom is 0.243 e. The zero-order valence-electron chi connectivity index (χ0n) is 21.2. The molecule has 1 unspecified atom stereocenters. The van der Waals surface area contributed by atoms with Crippen LogP contribution in [0.1, 0.15) is 42.9 Å². The molecule has 1 atom stereocenters. The maximum atomic E-state index is 13.7. The highest BCUT2D eigenvalue weighted by atomic mass is 35.5. The van der Waals surface area contributed by atoms with E-state index in [9.17, 15) is 9.59 Å². The lowest BCUT2D eigenvalue weighted by Gasteiger charge is -2.32.